The van der Waals surface area contributed by atoms with Crippen molar-refractivity contribution >= 4 is 22.4 Å². The lowest BCUT2D eigenvalue weighted by atomic mass is 10.1. The van der Waals surface area contributed by atoms with Crippen molar-refractivity contribution in [1.82, 2.24) is 4.98 Å². The molecule has 1 aromatic carbocycles. The van der Waals surface area contributed by atoms with Crippen LogP contribution in [0.2, 0.25) is 0 Å². The average molecular weight is 264 g/mol. The second-order valence-corrected chi connectivity index (χ2v) is 4.76. The first-order valence-corrected chi connectivity index (χ1v) is 6.89. The van der Waals surface area contributed by atoms with E-state index >= 15 is 0 Å². The van der Waals surface area contributed by atoms with Gasteiger partial charge in [-0.05, 0) is 30.9 Å². The summed E-state index contributed by atoms with van der Waals surface area (Å²) in [6.45, 7) is 4.23. The summed E-state index contributed by atoms with van der Waals surface area (Å²) in [6, 6.07) is 10.1. The van der Waals surface area contributed by atoms with Crippen molar-refractivity contribution in [3.8, 4) is 5.88 Å². The van der Waals surface area contributed by atoms with Gasteiger partial charge < -0.3 is 4.74 Å². The number of hydrogen-bond acceptors (Lipinski definition) is 2. The molecule has 0 spiro atoms. The molecule has 1 atom stereocenters. The molecular formula is C15H18ClNO. The zero-order valence-corrected chi connectivity index (χ0v) is 11.6. The van der Waals surface area contributed by atoms with Crippen molar-refractivity contribution in [2.45, 2.75) is 38.7 Å². The van der Waals surface area contributed by atoms with Crippen molar-refractivity contribution in [3.05, 3.63) is 36.0 Å². The van der Waals surface area contributed by atoms with Gasteiger partial charge in [-0.2, -0.15) is 0 Å². The van der Waals surface area contributed by atoms with Gasteiger partial charge in [0.25, 0.3) is 0 Å². The Kier molecular flexibility index (Phi) is 4.43. The second kappa shape index (κ2) is 6.05. The number of pyridine rings is 1. The van der Waals surface area contributed by atoms with Crippen LogP contribution >= 0.6 is 11.6 Å². The summed E-state index contributed by atoms with van der Waals surface area (Å²) in [5, 5.41) is 2.18. The lowest BCUT2D eigenvalue weighted by molar-refractivity contribution is 0.204. The van der Waals surface area contributed by atoms with E-state index in [9.17, 15) is 0 Å². The Labute approximate surface area is 113 Å². The van der Waals surface area contributed by atoms with Crippen LogP contribution < -0.4 is 4.74 Å². The van der Waals surface area contributed by atoms with E-state index in [4.69, 9.17) is 16.3 Å². The van der Waals surface area contributed by atoms with Crippen LogP contribution in [-0.4, -0.2) is 11.1 Å². The maximum atomic E-state index is 5.94. The smallest absolute Gasteiger partial charge is 0.221 e. The van der Waals surface area contributed by atoms with Gasteiger partial charge in [0, 0.05) is 5.39 Å². The van der Waals surface area contributed by atoms with Gasteiger partial charge in [0.15, 0.2) is 0 Å². The van der Waals surface area contributed by atoms with Crippen molar-refractivity contribution in [1.29, 1.82) is 0 Å². The Morgan fingerprint density at radius 1 is 1.33 bits per heavy atom. The fourth-order valence-electron chi connectivity index (χ4n) is 2.03. The maximum Gasteiger partial charge on any atom is 0.221 e. The molecule has 3 heteroatoms. The quantitative estimate of drug-likeness (QED) is 0.739. The third-order valence-corrected chi connectivity index (χ3v) is 3.18. The summed E-state index contributed by atoms with van der Waals surface area (Å²) in [5.74, 6) is 1.10. The van der Waals surface area contributed by atoms with E-state index in [1.54, 1.807) is 0 Å². The Hall–Kier alpha value is -1.28. The number of hydrogen-bond donors (Lipinski definition) is 0. The highest BCUT2D eigenvalue weighted by atomic mass is 35.5. The van der Waals surface area contributed by atoms with Crippen LogP contribution in [0.3, 0.4) is 0 Å². The van der Waals surface area contributed by atoms with E-state index in [-0.39, 0.29) is 6.10 Å². The molecule has 0 saturated carbocycles. The van der Waals surface area contributed by atoms with E-state index in [0.717, 1.165) is 29.3 Å². The topological polar surface area (TPSA) is 22.1 Å². The number of aromatic nitrogens is 1. The Morgan fingerprint density at radius 2 is 2.11 bits per heavy atom. The number of rotatable bonds is 5. The highest BCUT2D eigenvalue weighted by Gasteiger charge is 2.10. The molecule has 0 saturated heterocycles. The standard InChI is InChI=1S/C15H18ClNO/c1-3-6-11(2)18-15-14-8-5-4-7-12(14)9-13(10-16)17-15/h4-5,7-9,11H,3,6,10H2,1-2H3. The highest BCUT2D eigenvalue weighted by molar-refractivity contribution is 6.17. The van der Waals surface area contributed by atoms with Gasteiger partial charge in [0.2, 0.25) is 5.88 Å². The van der Waals surface area contributed by atoms with Crippen LogP contribution in [0.4, 0.5) is 0 Å². The van der Waals surface area contributed by atoms with Crippen LogP contribution in [0.15, 0.2) is 30.3 Å². The van der Waals surface area contributed by atoms with E-state index in [2.05, 4.69) is 24.9 Å². The summed E-state index contributed by atoms with van der Waals surface area (Å²) >= 11 is 5.88. The number of halogens is 1. The summed E-state index contributed by atoms with van der Waals surface area (Å²) in [5.41, 5.74) is 0.856. The third-order valence-electron chi connectivity index (χ3n) is 2.90. The molecule has 2 rings (SSSR count). The first kappa shape index (κ1) is 13.2. The van der Waals surface area contributed by atoms with Crippen LogP contribution in [0.25, 0.3) is 10.8 Å². The second-order valence-electron chi connectivity index (χ2n) is 4.49. The number of benzene rings is 1. The van der Waals surface area contributed by atoms with Gasteiger partial charge in [0.05, 0.1) is 17.7 Å². The number of alkyl halides is 1. The summed E-state index contributed by atoms with van der Waals surface area (Å²) in [6.07, 6.45) is 2.31. The molecule has 1 heterocycles. The Bertz CT molecular complexity index is 527. The summed E-state index contributed by atoms with van der Waals surface area (Å²) < 4.78 is 5.94. The predicted molar refractivity (Wildman–Crippen MR) is 76.3 cm³/mol. The average Bonchev–Trinajstić information content (AvgIpc) is 2.38. The van der Waals surface area contributed by atoms with Crippen LogP contribution in [0.5, 0.6) is 5.88 Å². The first-order chi connectivity index (χ1) is 8.74. The molecule has 0 aliphatic rings. The number of fused-ring (bicyclic) bond motifs is 1. The highest BCUT2D eigenvalue weighted by Crippen LogP contribution is 2.26. The molecule has 2 aromatic rings. The van der Waals surface area contributed by atoms with Gasteiger partial charge >= 0.3 is 0 Å². The SMILES string of the molecule is CCCC(C)Oc1nc(CCl)cc2ccccc12. The lowest BCUT2D eigenvalue weighted by Gasteiger charge is -2.15. The molecule has 0 amide bonds. The normalized spacial score (nSPS) is 12.6. The largest absolute Gasteiger partial charge is 0.474 e. The minimum atomic E-state index is 0.177. The third kappa shape index (κ3) is 2.94. The van der Waals surface area contributed by atoms with Gasteiger partial charge in [-0.3, -0.25) is 0 Å². The molecule has 0 aliphatic carbocycles. The number of nitrogens with zero attached hydrogens (tertiary/aromatic N) is 1. The minimum absolute atomic E-state index is 0.177. The van der Waals surface area contributed by atoms with E-state index in [1.807, 2.05) is 24.3 Å². The predicted octanol–water partition coefficient (Wildman–Crippen LogP) is 4.54. The molecule has 0 bridgehead atoms. The molecule has 18 heavy (non-hydrogen) atoms. The van der Waals surface area contributed by atoms with Crippen molar-refractivity contribution in [3.63, 3.8) is 0 Å². The molecule has 1 aromatic heterocycles. The fourth-order valence-corrected chi connectivity index (χ4v) is 2.17. The fraction of sp³-hybridized carbons (Fsp3) is 0.400. The van der Waals surface area contributed by atoms with Crippen LogP contribution in [0, 0.1) is 0 Å². The molecule has 96 valence electrons. The number of ether oxygens (including phenoxy) is 1. The Balaban J connectivity index is 2.40. The van der Waals surface area contributed by atoms with Crippen LogP contribution in [0.1, 0.15) is 32.4 Å². The molecule has 0 fully saturated rings. The van der Waals surface area contributed by atoms with E-state index in [1.165, 1.54) is 0 Å². The van der Waals surface area contributed by atoms with Gasteiger partial charge in [-0.15, -0.1) is 11.6 Å². The zero-order chi connectivity index (χ0) is 13.0. The zero-order valence-electron chi connectivity index (χ0n) is 10.8. The van der Waals surface area contributed by atoms with E-state index in [0.29, 0.717) is 11.8 Å². The Morgan fingerprint density at radius 3 is 2.83 bits per heavy atom. The van der Waals surface area contributed by atoms with E-state index < -0.39 is 0 Å². The molecular weight excluding hydrogens is 246 g/mol. The van der Waals surface area contributed by atoms with Crippen molar-refractivity contribution in [2.24, 2.45) is 0 Å². The molecule has 0 N–H and O–H groups in total. The molecule has 1 unspecified atom stereocenters. The van der Waals surface area contributed by atoms with Crippen LogP contribution in [-0.2, 0) is 5.88 Å². The van der Waals surface area contributed by atoms with Gasteiger partial charge in [0.1, 0.15) is 0 Å². The van der Waals surface area contributed by atoms with Crippen molar-refractivity contribution in [2.75, 3.05) is 0 Å². The van der Waals surface area contributed by atoms with Crippen molar-refractivity contribution < 1.29 is 4.74 Å². The summed E-state index contributed by atoms with van der Waals surface area (Å²) in [7, 11) is 0. The first-order valence-electron chi connectivity index (χ1n) is 6.36. The maximum absolute atomic E-state index is 5.94. The summed E-state index contributed by atoms with van der Waals surface area (Å²) in [4.78, 5) is 4.49. The molecule has 2 nitrogen and oxygen atoms in total. The van der Waals surface area contributed by atoms with Gasteiger partial charge in [-0.25, -0.2) is 4.98 Å². The molecule has 0 radical (unpaired) electrons. The van der Waals surface area contributed by atoms with Gasteiger partial charge in [-0.1, -0.05) is 31.5 Å². The lowest BCUT2D eigenvalue weighted by Crippen LogP contribution is -2.12. The monoisotopic (exact) mass is 263 g/mol. The minimum Gasteiger partial charge on any atom is -0.474 e. The molecule has 0 aliphatic heterocycles.